The molecule has 3 aromatic carbocycles. The molecule has 0 aromatic heterocycles. The van der Waals surface area contributed by atoms with E-state index in [0.717, 1.165) is 16.3 Å². The first kappa shape index (κ1) is 23.0. The van der Waals surface area contributed by atoms with Gasteiger partial charge in [0.15, 0.2) is 0 Å². The molecule has 0 N–H and O–H groups in total. The van der Waals surface area contributed by atoms with Gasteiger partial charge in [-0.3, -0.25) is 4.79 Å². The standard InChI is InChI=1S/C26H25FN2O3S/c1-2-15-28(19-20-7-10-24(27)11-8-20)26(30)22-13-16-29(17-14-22)33(31,32)25-12-9-21-5-3-4-6-23(21)18-25/h1,3-12,18,22H,13-17,19H2. The van der Waals surface area contributed by atoms with Crippen LogP contribution in [0.5, 0.6) is 0 Å². The highest BCUT2D eigenvalue weighted by molar-refractivity contribution is 7.89. The van der Waals surface area contributed by atoms with E-state index in [1.807, 2.05) is 30.3 Å². The van der Waals surface area contributed by atoms with Crippen molar-refractivity contribution in [3.8, 4) is 12.3 Å². The molecule has 1 heterocycles. The molecule has 33 heavy (non-hydrogen) atoms. The summed E-state index contributed by atoms with van der Waals surface area (Å²) in [4.78, 5) is 15.0. The SMILES string of the molecule is C#CCN(Cc1ccc(F)cc1)C(=O)C1CCN(S(=O)(=O)c2ccc3ccccc3c2)CC1. The topological polar surface area (TPSA) is 57.7 Å². The Morgan fingerprint density at radius 2 is 1.70 bits per heavy atom. The van der Waals surface area contributed by atoms with Gasteiger partial charge in [0.2, 0.25) is 15.9 Å². The first-order valence-corrected chi connectivity index (χ1v) is 12.3. The van der Waals surface area contributed by atoms with Crippen molar-refractivity contribution in [1.82, 2.24) is 9.21 Å². The smallest absolute Gasteiger partial charge is 0.243 e. The van der Waals surface area contributed by atoms with E-state index in [4.69, 9.17) is 6.42 Å². The van der Waals surface area contributed by atoms with E-state index in [1.54, 1.807) is 29.2 Å². The monoisotopic (exact) mass is 464 g/mol. The summed E-state index contributed by atoms with van der Waals surface area (Å²) in [6.07, 6.45) is 6.32. The number of amides is 1. The van der Waals surface area contributed by atoms with Gasteiger partial charge in [-0.15, -0.1) is 6.42 Å². The minimum Gasteiger partial charge on any atom is -0.327 e. The molecule has 1 fully saturated rings. The van der Waals surface area contributed by atoms with Gasteiger partial charge >= 0.3 is 0 Å². The largest absolute Gasteiger partial charge is 0.327 e. The zero-order chi connectivity index (χ0) is 23.4. The van der Waals surface area contributed by atoms with E-state index in [9.17, 15) is 17.6 Å². The van der Waals surface area contributed by atoms with Crippen LogP contribution in [0, 0.1) is 24.1 Å². The summed E-state index contributed by atoms with van der Waals surface area (Å²) >= 11 is 0. The number of sulfonamides is 1. The Kier molecular flexibility index (Phi) is 6.77. The van der Waals surface area contributed by atoms with Crippen LogP contribution in [0.1, 0.15) is 18.4 Å². The molecule has 1 saturated heterocycles. The lowest BCUT2D eigenvalue weighted by atomic mass is 9.96. The van der Waals surface area contributed by atoms with Crippen molar-refractivity contribution in [3.05, 3.63) is 78.1 Å². The molecule has 0 atom stereocenters. The fourth-order valence-electron chi connectivity index (χ4n) is 4.21. The molecule has 5 nitrogen and oxygen atoms in total. The van der Waals surface area contributed by atoms with E-state index >= 15 is 0 Å². The zero-order valence-corrected chi connectivity index (χ0v) is 19.0. The predicted octanol–water partition coefficient (Wildman–Crippen LogP) is 4.04. The Morgan fingerprint density at radius 3 is 2.36 bits per heavy atom. The number of piperidine rings is 1. The van der Waals surface area contributed by atoms with Crippen molar-refractivity contribution in [3.63, 3.8) is 0 Å². The summed E-state index contributed by atoms with van der Waals surface area (Å²) in [6.45, 7) is 0.975. The molecule has 170 valence electrons. The number of benzene rings is 3. The molecule has 1 aliphatic rings. The van der Waals surface area contributed by atoms with Crippen LogP contribution in [0.2, 0.25) is 0 Å². The number of hydrogen-bond acceptors (Lipinski definition) is 3. The number of nitrogens with zero attached hydrogens (tertiary/aromatic N) is 2. The van der Waals surface area contributed by atoms with Gasteiger partial charge in [-0.2, -0.15) is 4.31 Å². The molecule has 0 bridgehead atoms. The molecule has 1 amide bonds. The zero-order valence-electron chi connectivity index (χ0n) is 18.2. The minimum absolute atomic E-state index is 0.0972. The van der Waals surface area contributed by atoms with Crippen molar-refractivity contribution >= 4 is 26.7 Å². The number of fused-ring (bicyclic) bond motifs is 1. The second-order valence-electron chi connectivity index (χ2n) is 8.21. The number of carbonyl (C=O) groups is 1. The highest BCUT2D eigenvalue weighted by atomic mass is 32.2. The third kappa shape index (κ3) is 5.08. The molecule has 1 aliphatic heterocycles. The summed E-state index contributed by atoms with van der Waals surface area (Å²) in [5.74, 6) is 1.77. The van der Waals surface area contributed by atoms with Gasteiger partial charge in [-0.1, -0.05) is 48.4 Å². The van der Waals surface area contributed by atoms with Crippen LogP contribution in [0.25, 0.3) is 10.8 Å². The van der Waals surface area contributed by atoms with Crippen LogP contribution in [0.4, 0.5) is 4.39 Å². The third-order valence-corrected chi connectivity index (χ3v) is 7.94. The first-order chi connectivity index (χ1) is 15.9. The van der Waals surface area contributed by atoms with Gasteiger partial charge in [-0.25, -0.2) is 12.8 Å². The Morgan fingerprint density at radius 1 is 1.03 bits per heavy atom. The van der Waals surface area contributed by atoms with Crippen molar-refractivity contribution in [2.75, 3.05) is 19.6 Å². The van der Waals surface area contributed by atoms with Crippen molar-refractivity contribution in [2.45, 2.75) is 24.3 Å². The van der Waals surface area contributed by atoms with Crippen LogP contribution < -0.4 is 0 Å². The average Bonchev–Trinajstić information content (AvgIpc) is 2.84. The van der Waals surface area contributed by atoms with Crippen LogP contribution in [-0.2, 0) is 21.4 Å². The van der Waals surface area contributed by atoms with Gasteiger partial charge in [0.05, 0.1) is 11.4 Å². The summed E-state index contributed by atoms with van der Waals surface area (Å²) in [6, 6.07) is 18.7. The molecule has 0 unspecified atom stereocenters. The number of terminal acetylenes is 1. The molecule has 3 aromatic rings. The van der Waals surface area contributed by atoms with Crippen LogP contribution in [0.15, 0.2) is 71.6 Å². The van der Waals surface area contributed by atoms with Crippen molar-refractivity contribution in [2.24, 2.45) is 5.92 Å². The molecular weight excluding hydrogens is 439 g/mol. The highest BCUT2D eigenvalue weighted by Gasteiger charge is 2.33. The van der Waals surface area contributed by atoms with Gasteiger partial charge < -0.3 is 4.90 Å². The van der Waals surface area contributed by atoms with E-state index in [-0.39, 0.29) is 42.2 Å². The maximum atomic E-state index is 13.2. The maximum absolute atomic E-state index is 13.2. The van der Waals surface area contributed by atoms with Crippen molar-refractivity contribution in [1.29, 1.82) is 0 Å². The number of halogens is 1. The second-order valence-corrected chi connectivity index (χ2v) is 10.2. The van der Waals surface area contributed by atoms with Crippen molar-refractivity contribution < 1.29 is 17.6 Å². The summed E-state index contributed by atoms with van der Waals surface area (Å²) in [7, 11) is -3.65. The lowest BCUT2D eigenvalue weighted by Gasteiger charge is -2.33. The number of rotatable bonds is 6. The lowest BCUT2D eigenvalue weighted by Crippen LogP contribution is -2.44. The van der Waals surface area contributed by atoms with Crippen LogP contribution in [-0.4, -0.2) is 43.2 Å². The molecule has 7 heteroatoms. The van der Waals surface area contributed by atoms with E-state index in [2.05, 4.69) is 5.92 Å². The second kappa shape index (κ2) is 9.74. The van der Waals surface area contributed by atoms with Crippen LogP contribution >= 0.6 is 0 Å². The highest BCUT2D eigenvalue weighted by Crippen LogP contribution is 2.27. The summed E-state index contributed by atoms with van der Waals surface area (Å²) in [5.41, 5.74) is 0.788. The molecular formula is C26H25FN2O3S. The molecule has 0 radical (unpaired) electrons. The third-order valence-electron chi connectivity index (χ3n) is 6.04. The van der Waals surface area contributed by atoms with E-state index < -0.39 is 10.0 Å². The normalized spacial score (nSPS) is 15.3. The first-order valence-electron chi connectivity index (χ1n) is 10.8. The molecule has 0 saturated carbocycles. The average molecular weight is 465 g/mol. The molecule has 4 rings (SSSR count). The van der Waals surface area contributed by atoms with Gasteiger partial charge in [0.25, 0.3) is 0 Å². The predicted molar refractivity (Wildman–Crippen MR) is 126 cm³/mol. The Bertz CT molecular complexity index is 1290. The Hall–Kier alpha value is -3.21. The Balaban J connectivity index is 1.43. The Labute approximate surface area is 193 Å². The van der Waals surface area contributed by atoms with E-state index in [1.165, 1.54) is 16.4 Å². The summed E-state index contributed by atoms with van der Waals surface area (Å²) in [5, 5.41) is 1.85. The summed E-state index contributed by atoms with van der Waals surface area (Å²) < 4.78 is 41.0. The van der Waals surface area contributed by atoms with Crippen LogP contribution in [0.3, 0.4) is 0 Å². The fraction of sp³-hybridized carbons (Fsp3) is 0.269. The molecule has 0 aliphatic carbocycles. The molecule has 0 spiro atoms. The van der Waals surface area contributed by atoms with Gasteiger partial charge in [0, 0.05) is 25.6 Å². The maximum Gasteiger partial charge on any atom is 0.243 e. The van der Waals surface area contributed by atoms with E-state index in [0.29, 0.717) is 19.4 Å². The van der Waals surface area contributed by atoms with Gasteiger partial charge in [-0.05, 0) is 53.4 Å². The number of hydrogen-bond donors (Lipinski definition) is 0. The number of carbonyl (C=O) groups excluding carboxylic acids is 1. The van der Waals surface area contributed by atoms with Gasteiger partial charge in [0.1, 0.15) is 5.82 Å². The fourth-order valence-corrected chi connectivity index (χ4v) is 5.72. The lowest BCUT2D eigenvalue weighted by molar-refractivity contribution is -0.136. The minimum atomic E-state index is -3.65. The quantitative estimate of drug-likeness (QED) is 0.518.